The molecule has 4 heteroatoms. The monoisotopic (exact) mass is 226 g/mol. The molecule has 0 radical (unpaired) electrons. The van der Waals surface area contributed by atoms with Crippen LogP contribution in [0.2, 0.25) is 0 Å². The Morgan fingerprint density at radius 1 is 1.27 bits per heavy atom. The molecular weight excluding hydrogens is 212 g/mol. The van der Waals surface area contributed by atoms with E-state index in [0.29, 0.717) is 6.54 Å². The molecule has 1 aromatic carbocycles. The van der Waals surface area contributed by atoms with Crippen molar-refractivity contribution in [3.05, 3.63) is 35.9 Å². The van der Waals surface area contributed by atoms with Crippen LogP contribution in [0.5, 0.6) is 0 Å². The molecule has 1 fully saturated rings. The van der Waals surface area contributed by atoms with Crippen molar-refractivity contribution in [2.45, 2.75) is 6.54 Å². The van der Waals surface area contributed by atoms with Gasteiger partial charge in [0.05, 0.1) is 6.54 Å². The Kier molecular flexibility index (Phi) is 4.59. The lowest BCUT2D eigenvalue weighted by molar-refractivity contribution is -0.132. The second-order valence-electron chi connectivity index (χ2n) is 3.48. The van der Waals surface area contributed by atoms with E-state index in [-0.39, 0.29) is 18.3 Å². The Morgan fingerprint density at radius 3 is 2.67 bits per heavy atom. The molecule has 82 valence electrons. The van der Waals surface area contributed by atoms with Crippen molar-refractivity contribution in [2.24, 2.45) is 0 Å². The zero-order chi connectivity index (χ0) is 9.80. The first-order valence-corrected chi connectivity index (χ1v) is 4.89. The number of carbonyl (C=O) groups excluding carboxylic acids is 1. The first kappa shape index (κ1) is 12.0. The van der Waals surface area contributed by atoms with Gasteiger partial charge < -0.3 is 10.2 Å². The maximum atomic E-state index is 11.5. The molecule has 0 bridgehead atoms. The number of nitrogens with one attached hydrogen (secondary N) is 1. The molecule has 1 heterocycles. The Bertz CT molecular complexity index is 316. The Morgan fingerprint density at radius 2 is 2.00 bits per heavy atom. The van der Waals surface area contributed by atoms with E-state index >= 15 is 0 Å². The zero-order valence-electron chi connectivity index (χ0n) is 8.48. The minimum Gasteiger partial charge on any atom is -0.336 e. The molecule has 0 unspecified atom stereocenters. The molecule has 1 aromatic rings. The van der Waals surface area contributed by atoms with Crippen molar-refractivity contribution >= 4 is 18.3 Å². The quantitative estimate of drug-likeness (QED) is 0.818. The molecule has 1 aliphatic heterocycles. The molecule has 0 aromatic heterocycles. The predicted molar refractivity (Wildman–Crippen MR) is 62.0 cm³/mol. The number of carbonyl (C=O) groups is 1. The van der Waals surface area contributed by atoms with Gasteiger partial charge in [0.25, 0.3) is 0 Å². The molecule has 0 aliphatic carbocycles. The molecule has 1 amide bonds. The summed E-state index contributed by atoms with van der Waals surface area (Å²) in [5.74, 6) is 0.195. The first-order valence-electron chi connectivity index (χ1n) is 4.89. The van der Waals surface area contributed by atoms with Crippen molar-refractivity contribution in [1.29, 1.82) is 0 Å². The number of halogens is 1. The summed E-state index contributed by atoms with van der Waals surface area (Å²) in [6.45, 7) is 2.93. The summed E-state index contributed by atoms with van der Waals surface area (Å²) in [6, 6.07) is 10.1. The number of nitrogens with zero attached hydrogens (tertiary/aromatic N) is 1. The summed E-state index contributed by atoms with van der Waals surface area (Å²) in [5.41, 5.74) is 1.20. The van der Waals surface area contributed by atoms with Gasteiger partial charge in [0.2, 0.25) is 5.91 Å². The van der Waals surface area contributed by atoms with Crippen molar-refractivity contribution < 1.29 is 4.79 Å². The Labute approximate surface area is 95.9 Å². The van der Waals surface area contributed by atoms with Gasteiger partial charge >= 0.3 is 0 Å². The van der Waals surface area contributed by atoms with Gasteiger partial charge in [-0.3, -0.25) is 4.79 Å². The zero-order valence-corrected chi connectivity index (χ0v) is 9.30. The minimum atomic E-state index is 0. The molecule has 3 nitrogen and oxygen atoms in total. The number of benzene rings is 1. The molecule has 15 heavy (non-hydrogen) atoms. The molecular formula is C11H15ClN2O. The number of hydrogen-bond acceptors (Lipinski definition) is 2. The minimum absolute atomic E-state index is 0. The van der Waals surface area contributed by atoms with E-state index in [1.165, 1.54) is 5.56 Å². The normalized spacial score (nSPS) is 16.0. The standard InChI is InChI=1S/C11H14N2O.ClH/c14-11-8-12-6-7-13(11)9-10-4-2-1-3-5-10;/h1-5,12H,6-9H2;1H. The lowest BCUT2D eigenvalue weighted by Gasteiger charge is -2.27. The number of hydrogen-bond donors (Lipinski definition) is 1. The fourth-order valence-electron chi connectivity index (χ4n) is 1.62. The van der Waals surface area contributed by atoms with Crippen LogP contribution in [-0.2, 0) is 11.3 Å². The lowest BCUT2D eigenvalue weighted by Crippen LogP contribution is -2.47. The second-order valence-corrected chi connectivity index (χ2v) is 3.48. The SMILES string of the molecule is Cl.O=C1CNCCN1Cc1ccccc1. The van der Waals surface area contributed by atoms with E-state index < -0.39 is 0 Å². The van der Waals surface area contributed by atoms with Crippen LogP contribution in [0.25, 0.3) is 0 Å². The molecule has 0 spiro atoms. The van der Waals surface area contributed by atoms with Crippen LogP contribution in [0.3, 0.4) is 0 Å². The molecule has 0 atom stereocenters. The lowest BCUT2D eigenvalue weighted by atomic mass is 10.2. The van der Waals surface area contributed by atoms with Crippen LogP contribution in [0.4, 0.5) is 0 Å². The maximum absolute atomic E-state index is 11.5. The average molecular weight is 227 g/mol. The predicted octanol–water partition coefficient (Wildman–Crippen LogP) is 1.04. The van der Waals surface area contributed by atoms with Crippen molar-refractivity contribution in [3.8, 4) is 0 Å². The fourth-order valence-corrected chi connectivity index (χ4v) is 1.62. The maximum Gasteiger partial charge on any atom is 0.236 e. The van der Waals surface area contributed by atoms with Crippen molar-refractivity contribution in [1.82, 2.24) is 10.2 Å². The van der Waals surface area contributed by atoms with Gasteiger partial charge in [0, 0.05) is 19.6 Å². The third kappa shape index (κ3) is 3.22. The van der Waals surface area contributed by atoms with Gasteiger partial charge in [-0.25, -0.2) is 0 Å². The summed E-state index contributed by atoms with van der Waals surface area (Å²) in [4.78, 5) is 13.4. The number of piperazine rings is 1. The van der Waals surface area contributed by atoms with E-state index in [4.69, 9.17) is 0 Å². The summed E-state index contributed by atoms with van der Waals surface area (Å²) in [5, 5.41) is 3.06. The van der Waals surface area contributed by atoms with Crippen molar-refractivity contribution in [3.63, 3.8) is 0 Å². The van der Waals surface area contributed by atoms with Crippen LogP contribution in [0.1, 0.15) is 5.56 Å². The van der Waals surface area contributed by atoms with E-state index in [9.17, 15) is 4.79 Å². The number of amides is 1. The van der Waals surface area contributed by atoms with Crippen LogP contribution in [0, 0.1) is 0 Å². The molecule has 1 saturated heterocycles. The molecule has 0 saturated carbocycles. The van der Waals surface area contributed by atoms with E-state index in [2.05, 4.69) is 17.4 Å². The summed E-state index contributed by atoms with van der Waals surface area (Å²) >= 11 is 0. The highest BCUT2D eigenvalue weighted by Gasteiger charge is 2.16. The van der Waals surface area contributed by atoms with Crippen molar-refractivity contribution in [2.75, 3.05) is 19.6 Å². The number of rotatable bonds is 2. The summed E-state index contributed by atoms with van der Waals surface area (Å²) in [7, 11) is 0. The van der Waals surface area contributed by atoms with Crippen LogP contribution in [0.15, 0.2) is 30.3 Å². The fraction of sp³-hybridized carbons (Fsp3) is 0.364. The Hall–Kier alpha value is -1.06. The van der Waals surface area contributed by atoms with Gasteiger partial charge in [-0.05, 0) is 5.56 Å². The topological polar surface area (TPSA) is 32.3 Å². The molecule has 2 rings (SSSR count). The average Bonchev–Trinajstić information content (AvgIpc) is 2.23. The third-order valence-electron chi connectivity index (χ3n) is 2.40. The highest BCUT2D eigenvalue weighted by molar-refractivity contribution is 5.85. The largest absolute Gasteiger partial charge is 0.336 e. The van der Waals surface area contributed by atoms with Crippen LogP contribution < -0.4 is 5.32 Å². The highest BCUT2D eigenvalue weighted by Crippen LogP contribution is 2.05. The van der Waals surface area contributed by atoms with Gasteiger partial charge in [-0.2, -0.15) is 0 Å². The summed E-state index contributed by atoms with van der Waals surface area (Å²) < 4.78 is 0. The van der Waals surface area contributed by atoms with Crippen LogP contribution in [-0.4, -0.2) is 30.4 Å². The van der Waals surface area contributed by atoms with Gasteiger partial charge in [0.15, 0.2) is 0 Å². The van der Waals surface area contributed by atoms with Gasteiger partial charge in [0.1, 0.15) is 0 Å². The molecule has 1 aliphatic rings. The smallest absolute Gasteiger partial charge is 0.236 e. The van der Waals surface area contributed by atoms with E-state index in [1.807, 2.05) is 23.1 Å². The van der Waals surface area contributed by atoms with Crippen LogP contribution >= 0.6 is 12.4 Å². The van der Waals surface area contributed by atoms with Gasteiger partial charge in [-0.1, -0.05) is 30.3 Å². The highest BCUT2D eigenvalue weighted by atomic mass is 35.5. The van der Waals surface area contributed by atoms with E-state index in [0.717, 1.165) is 19.6 Å². The first-order chi connectivity index (χ1) is 6.86. The van der Waals surface area contributed by atoms with Gasteiger partial charge in [-0.15, -0.1) is 12.4 Å². The molecule has 1 N–H and O–H groups in total. The third-order valence-corrected chi connectivity index (χ3v) is 2.40. The Balaban J connectivity index is 0.00000112. The van der Waals surface area contributed by atoms with E-state index in [1.54, 1.807) is 0 Å². The second kappa shape index (κ2) is 5.73. The summed E-state index contributed by atoms with van der Waals surface area (Å²) in [6.07, 6.45) is 0.